The number of primary amides is 1. The van der Waals surface area contributed by atoms with E-state index in [0.717, 1.165) is 16.8 Å². The van der Waals surface area contributed by atoms with E-state index in [4.69, 9.17) is 5.73 Å². The molecule has 0 spiro atoms. The minimum Gasteiger partial charge on any atom is -0.368 e. The highest BCUT2D eigenvalue weighted by Crippen LogP contribution is 2.56. The minimum absolute atomic E-state index is 0.0233. The van der Waals surface area contributed by atoms with Gasteiger partial charge in [-0.15, -0.1) is 0 Å². The van der Waals surface area contributed by atoms with Crippen LogP contribution in [-0.4, -0.2) is 23.8 Å². The fourth-order valence-corrected chi connectivity index (χ4v) is 4.91. The van der Waals surface area contributed by atoms with Crippen LogP contribution in [0.2, 0.25) is 0 Å². The van der Waals surface area contributed by atoms with Crippen LogP contribution in [0.3, 0.4) is 0 Å². The van der Waals surface area contributed by atoms with Gasteiger partial charge < -0.3 is 10.6 Å². The monoisotopic (exact) mass is 399 g/mol. The van der Waals surface area contributed by atoms with Gasteiger partial charge in [0.1, 0.15) is 0 Å². The highest BCUT2D eigenvalue weighted by atomic mass is 16.1. The fraction of sp³-hybridized carbons (Fsp3) is 0.320. The summed E-state index contributed by atoms with van der Waals surface area (Å²) in [5, 5.41) is 10.4. The Balaban J connectivity index is 2.06. The van der Waals surface area contributed by atoms with Crippen LogP contribution in [-0.2, 0) is 9.59 Å². The molecule has 0 unspecified atom stereocenters. The maximum Gasteiger partial charge on any atom is 0.241 e. The van der Waals surface area contributed by atoms with E-state index in [1.54, 1.807) is 0 Å². The molecule has 1 fully saturated rings. The van der Waals surface area contributed by atoms with Crippen molar-refractivity contribution in [3.8, 4) is 6.07 Å². The summed E-state index contributed by atoms with van der Waals surface area (Å²) in [4.78, 5) is 28.7. The maximum atomic E-state index is 13.8. The number of carbonyl (C=O) groups excluding carboxylic acids is 2. The van der Waals surface area contributed by atoms with Crippen LogP contribution in [0, 0.1) is 22.2 Å². The van der Waals surface area contributed by atoms with Crippen LogP contribution in [0.25, 0.3) is 6.08 Å². The number of amides is 1. The number of nitrogens with two attached hydrogens (primary N) is 1. The number of hydrogen-bond acceptors (Lipinski definition) is 4. The van der Waals surface area contributed by atoms with Crippen molar-refractivity contribution >= 4 is 23.5 Å². The number of nitrogens with zero attached hydrogens (tertiary/aromatic N) is 2. The summed E-state index contributed by atoms with van der Waals surface area (Å²) in [7, 11) is 0. The number of anilines is 1. The Kier molecular flexibility index (Phi) is 4.54. The van der Waals surface area contributed by atoms with Gasteiger partial charge in [0, 0.05) is 17.0 Å². The first kappa shape index (κ1) is 19.9. The Hall–Kier alpha value is -3.39. The zero-order valence-corrected chi connectivity index (χ0v) is 17.4. The lowest BCUT2D eigenvalue weighted by atomic mass is 9.66. The van der Waals surface area contributed by atoms with Crippen LogP contribution in [0.5, 0.6) is 0 Å². The van der Waals surface area contributed by atoms with Crippen molar-refractivity contribution in [1.29, 1.82) is 5.26 Å². The largest absolute Gasteiger partial charge is 0.368 e. The second-order valence-electron chi connectivity index (χ2n) is 9.06. The Labute approximate surface area is 176 Å². The molecule has 0 radical (unpaired) electrons. The summed E-state index contributed by atoms with van der Waals surface area (Å²) in [6.45, 7) is 5.61. The van der Waals surface area contributed by atoms with E-state index in [2.05, 4.69) is 6.07 Å². The average Bonchev–Trinajstić information content (AvgIpc) is 3.04. The van der Waals surface area contributed by atoms with Gasteiger partial charge in [0.2, 0.25) is 5.91 Å². The maximum absolute atomic E-state index is 13.8. The number of Topliss-reactive ketones (excluding diaryl/α,β-unsaturated/α-hetero) is 1. The summed E-state index contributed by atoms with van der Waals surface area (Å²) in [6, 6.07) is 18.0. The number of rotatable bonds is 3. The van der Waals surface area contributed by atoms with Crippen LogP contribution < -0.4 is 10.6 Å². The van der Waals surface area contributed by atoms with Crippen molar-refractivity contribution in [2.45, 2.75) is 38.8 Å². The Morgan fingerprint density at radius 3 is 2.30 bits per heavy atom. The van der Waals surface area contributed by atoms with E-state index >= 15 is 0 Å². The zero-order chi connectivity index (χ0) is 21.7. The van der Waals surface area contributed by atoms with Crippen molar-refractivity contribution in [2.24, 2.45) is 16.6 Å². The first-order valence-corrected chi connectivity index (χ1v) is 10.1. The van der Waals surface area contributed by atoms with Crippen LogP contribution >= 0.6 is 0 Å². The minimum atomic E-state index is -1.57. The summed E-state index contributed by atoms with van der Waals surface area (Å²) >= 11 is 0. The first-order chi connectivity index (χ1) is 14.2. The molecule has 1 saturated heterocycles. The molecule has 2 heterocycles. The normalized spacial score (nSPS) is 27.1. The van der Waals surface area contributed by atoms with Crippen molar-refractivity contribution in [3.05, 3.63) is 71.8 Å². The quantitative estimate of drug-likeness (QED) is 0.853. The Morgan fingerprint density at radius 2 is 1.70 bits per heavy atom. The lowest BCUT2D eigenvalue weighted by Gasteiger charge is -2.37. The molecule has 2 aliphatic rings. The first-order valence-electron chi connectivity index (χ1n) is 10.1. The lowest BCUT2D eigenvalue weighted by Crippen LogP contribution is -2.49. The Bertz CT molecular complexity index is 1080. The smallest absolute Gasteiger partial charge is 0.241 e. The summed E-state index contributed by atoms with van der Waals surface area (Å²) in [5.74, 6) is -1.42. The van der Waals surface area contributed by atoms with Crippen LogP contribution in [0.4, 0.5) is 5.69 Å². The van der Waals surface area contributed by atoms with E-state index in [1.807, 2.05) is 92.4 Å². The van der Waals surface area contributed by atoms with Crippen LogP contribution in [0.1, 0.15) is 37.8 Å². The topological polar surface area (TPSA) is 87.2 Å². The summed E-state index contributed by atoms with van der Waals surface area (Å²) < 4.78 is 0. The molecule has 0 aliphatic carbocycles. The molecule has 0 aromatic heterocycles. The van der Waals surface area contributed by atoms with E-state index < -0.39 is 34.7 Å². The molecule has 1 amide bonds. The van der Waals surface area contributed by atoms with Gasteiger partial charge in [-0.05, 0) is 17.2 Å². The molecule has 152 valence electrons. The van der Waals surface area contributed by atoms with Crippen molar-refractivity contribution in [3.63, 3.8) is 0 Å². The molecule has 5 nitrogen and oxygen atoms in total. The van der Waals surface area contributed by atoms with Crippen molar-refractivity contribution in [2.75, 3.05) is 4.90 Å². The van der Waals surface area contributed by atoms with E-state index in [-0.39, 0.29) is 5.78 Å². The third-order valence-corrected chi connectivity index (χ3v) is 6.30. The van der Waals surface area contributed by atoms with Crippen molar-refractivity contribution in [1.82, 2.24) is 0 Å². The number of fused-ring (bicyclic) bond motifs is 3. The SMILES string of the molecule is CC(C)(C)C(=O)[C@H]1[C@@H](c2ccccc2)[C@@](C#N)(C(N)=O)[C@H]2C=Cc3ccccc3N12. The number of ketones is 1. The molecule has 30 heavy (non-hydrogen) atoms. The van der Waals surface area contributed by atoms with Crippen LogP contribution in [0.15, 0.2) is 60.7 Å². The van der Waals surface area contributed by atoms with Gasteiger partial charge in [-0.3, -0.25) is 9.59 Å². The summed E-state index contributed by atoms with van der Waals surface area (Å²) in [5.41, 5.74) is 6.25. The lowest BCUT2D eigenvalue weighted by molar-refractivity contribution is -0.128. The van der Waals surface area contributed by atoms with Gasteiger partial charge in [0.05, 0.1) is 18.2 Å². The molecule has 2 aromatic carbocycles. The molecule has 2 N–H and O–H groups in total. The summed E-state index contributed by atoms with van der Waals surface area (Å²) in [6.07, 6.45) is 3.76. The highest BCUT2D eigenvalue weighted by Gasteiger charge is 2.66. The van der Waals surface area contributed by atoms with Gasteiger partial charge in [-0.1, -0.05) is 81.5 Å². The third-order valence-electron chi connectivity index (χ3n) is 6.30. The number of para-hydroxylation sites is 1. The molecule has 2 aliphatic heterocycles. The molecule has 4 atom stereocenters. The van der Waals surface area contributed by atoms with E-state index in [1.165, 1.54) is 0 Å². The predicted molar refractivity (Wildman–Crippen MR) is 116 cm³/mol. The zero-order valence-electron chi connectivity index (χ0n) is 17.4. The van der Waals surface area contributed by atoms with Gasteiger partial charge >= 0.3 is 0 Å². The number of nitriles is 1. The average molecular weight is 399 g/mol. The van der Waals surface area contributed by atoms with E-state index in [0.29, 0.717) is 0 Å². The molecular formula is C25H25N3O2. The van der Waals surface area contributed by atoms with Gasteiger partial charge in [-0.2, -0.15) is 5.26 Å². The predicted octanol–water partition coefficient (Wildman–Crippen LogP) is 3.66. The Morgan fingerprint density at radius 1 is 1.07 bits per heavy atom. The standard InChI is InChI=1S/C25H25N3O2/c1-24(2,3)22(29)21-20(17-10-5-4-6-11-17)25(15-26,23(27)30)19-14-13-16-9-7-8-12-18(16)28(19)21/h4-14,19-21H,1-3H3,(H2,27,30)/t19-,20-,21-,25+/m1/s1. The number of carbonyl (C=O) groups is 2. The fourth-order valence-electron chi connectivity index (χ4n) is 4.91. The molecule has 5 heteroatoms. The molecule has 0 bridgehead atoms. The molecule has 4 rings (SSSR count). The van der Waals surface area contributed by atoms with Gasteiger partial charge in [0.25, 0.3) is 0 Å². The third kappa shape index (κ3) is 2.68. The van der Waals surface area contributed by atoms with Gasteiger partial charge in [0.15, 0.2) is 11.2 Å². The van der Waals surface area contributed by atoms with Gasteiger partial charge in [-0.25, -0.2) is 0 Å². The molecule has 0 saturated carbocycles. The molecular weight excluding hydrogens is 374 g/mol. The number of benzene rings is 2. The highest BCUT2D eigenvalue weighted by molar-refractivity contribution is 6.00. The second-order valence-corrected chi connectivity index (χ2v) is 9.06. The number of hydrogen-bond donors (Lipinski definition) is 1. The van der Waals surface area contributed by atoms with E-state index in [9.17, 15) is 14.9 Å². The van der Waals surface area contributed by atoms with Crippen molar-refractivity contribution < 1.29 is 9.59 Å². The molecule has 2 aromatic rings. The second kappa shape index (κ2) is 6.84.